The summed E-state index contributed by atoms with van der Waals surface area (Å²) in [5, 5.41) is 7.29. The van der Waals surface area contributed by atoms with Gasteiger partial charge in [-0.15, -0.1) is 0 Å². The van der Waals surface area contributed by atoms with E-state index in [-0.39, 0.29) is 24.3 Å². The van der Waals surface area contributed by atoms with E-state index in [1.807, 2.05) is 60.8 Å². The third-order valence-electron chi connectivity index (χ3n) is 5.31. The number of benzene rings is 2. The van der Waals surface area contributed by atoms with Gasteiger partial charge in [-0.25, -0.2) is 4.68 Å². The zero-order valence-corrected chi connectivity index (χ0v) is 16.7. The molecule has 2 heterocycles. The second-order valence-corrected chi connectivity index (χ2v) is 7.58. The third kappa shape index (κ3) is 4.75. The number of hydrogen-bond acceptors (Lipinski definition) is 4. The lowest BCUT2D eigenvalue weighted by Gasteiger charge is -2.22. The van der Waals surface area contributed by atoms with Crippen LogP contribution in [0.15, 0.2) is 67.0 Å². The van der Waals surface area contributed by atoms with Crippen LogP contribution < -0.4 is 11.1 Å². The van der Waals surface area contributed by atoms with Crippen LogP contribution in [0, 0.1) is 0 Å². The van der Waals surface area contributed by atoms with Crippen LogP contribution in [0.3, 0.4) is 0 Å². The van der Waals surface area contributed by atoms with Gasteiger partial charge in [0.1, 0.15) is 0 Å². The van der Waals surface area contributed by atoms with E-state index >= 15 is 0 Å². The number of nitrogens with two attached hydrogens (primary N) is 1. The Hall–Kier alpha value is -3.45. The number of hydrogen-bond donors (Lipinski definition) is 2. The lowest BCUT2D eigenvalue weighted by molar-refractivity contribution is -0.122. The molecule has 2 aromatic carbocycles. The maximum Gasteiger partial charge on any atom is 0.234 e. The summed E-state index contributed by atoms with van der Waals surface area (Å²) in [7, 11) is 0. The topological polar surface area (TPSA) is 93.2 Å². The van der Waals surface area contributed by atoms with E-state index in [4.69, 9.17) is 5.73 Å². The molecule has 1 fully saturated rings. The zero-order chi connectivity index (χ0) is 20.9. The summed E-state index contributed by atoms with van der Waals surface area (Å²) in [6.45, 7) is 1.50. The zero-order valence-electron chi connectivity index (χ0n) is 16.7. The molecule has 0 bridgehead atoms. The number of amides is 2. The van der Waals surface area contributed by atoms with Gasteiger partial charge in [0.25, 0.3) is 0 Å². The molecule has 0 spiro atoms. The molecule has 7 heteroatoms. The Labute approximate surface area is 175 Å². The number of nitrogens with zero attached hydrogens (tertiary/aromatic N) is 3. The molecule has 0 radical (unpaired) electrons. The van der Waals surface area contributed by atoms with Gasteiger partial charge in [0, 0.05) is 18.4 Å². The maximum absolute atomic E-state index is 12.5. The average molecular weight is 403 g/mol. The van der Waals surface area contributed by atoms with Gasteiger partial charge in [0.05, 0.1) is 24.3 Å². The molecule has 3 aromatic rings. The SMILES string of the molecule is NC(=O)C1CCCN1Cc1cccc(NC(=O)Cc2cnn(-c3ccccc3)c2)c1. The molecule has 3 N–H and O–H groups in total. The van der Waals surface area contributed by atoms with Crippen LogP contribution in [0.25, 0.3) is 5.69 Å². The molecule has 0 aliphatic carbocycles. The molecule has 1 unspecified atom stereocenters. The van der Waals surface area contributed by atoms with Crippen LogP contribution in [0.4, 0.5) is 5.69 Å². The number of rotatable bonds is 7. The van der Waals surface area contributed by atoms with E-state index in [2.05, 4.69) is 15.3 Å². The van der Waals surface area contributed by atoms with E-state index in [0.29, 0.717) is 6.54 Å². The minimum absolute atomic E-state index is 0.101. The summed E-state index contributed by atoms with van der Waals surface area (Å²) in [6, 6.07) is 17.3. The number of aromatic nitrogens is 2. The minimum atomic E-state index is -0.270. The molecule has 1 atom stereocenters. The Kier molecular flexibility index (Phi) is 5.90. The Morgan fingerprint density at radius 1 is 1.10 bits per heavy atom. The largest absolute Gasteiger partial charge is 0.368 e. The highest BCUT2D eigenvalue weighted by atomic mass is 16.2. The van der Waals surface area contributed by atoms with Crippen molar-refractivity contribution < 1.29 is 9.59 Å². The van der Waals surface area contributed by atoms with Crippen molar-refractivity contribution >= 4 is 17.5 Å². The van der Waals surface area contributed by atoms with Gasteiger partial charge < -0.3 is 11.1 Å². The number of para-hydroxylation sites is 1. The van der Waals surface area contributed by atoms with Crippen LogP contribution in [0.5, 0.6) is 0 Å². The highest BCUT2D eigenvalue weighted by Gasteiger charge is 2.28. The fourth-order valence-corrected chi connectivity index (χ4v) is 3.88. The molecule has 1 aliphatic rings. The Balaban J connectivity index is 1.36. The lowest BCUT2D eigenvalue weighted by atomic mass is 10.1. The predicted molar refractivity (Wildman–Crippen MR) is 115 cm³/mol. The van der Waals surface area contributed by atoms with Gasteiger partial charge in [-0.2, -0.15) is 5.10 Å². The first kappa shape index (κ1) is 19.8. The van der Waals surface area contributed by atoms with E-state index in [1.165, 1.54) is 0 Å². The number of likely N-dealkylation sites (tertiary alicyclic amines) is 1. The van der Waals surface area contributed by atoms with Crippen molar-refractivity contribution in [3.8, 4) is 5.69 Å². The first-order valence-electron chi connectivity index (χ1n) is 10.1. The van der Waals surface area contributed by atoms with Crippen molar-refractivity contribution in [1.29, 1.82) is 0 Å². The molecule has 1 saturated heterocycles. The van der Waals surface area contributed by atoms with Gasteiger partial charge in [-0.3, -0.25) is 14.5 Å². The molecule has 7 nitrogen and oxygen atoms in total. The first-order valence-corrected chi connectivity index (χ1v) is 10.1. The van der Waals surface area contributed by atoms with Gasteiger partial charge in [0.15, 0.2) is 0 Å². The summed E-state index contributed by atoms with van der Waals surface area (Å²) in [4.78, 5) is 26.2. The Morgan fingerprint density at radius 2 is 1.93 bits per heavy atom. The Morgan fingerprint density at radius 3 is 2.73 bits per heavy atom. The van der Waals surface area contributed by atoms with Crippen molar-refractivity contribution in [2.24, 2.45) is 5.73 Å². The van der Waals surface area contributed by atoms with Gasteiger partial charge >= 0.3 is 0 Å². The molecule has 30 heavy (non-hydrogen) atoms. The monoisotopic (exact) mass is 403 g/mol. The van der Waals surface area contributed by atoms with Crippen LogP contribution in [0.2, 0.25) is 0 Å². The summed E-state index contributed by atoms with van der Waals surface area (Å²) in [6.07, 6.45) is 5.60. The number of carbonyl (C=O) groups excluding carboxylic acids is 2. The first-order chi connectivity index (χ1) is 14.6. The maximum atomic E-state index is 12.5. The number of carbonyl (C=O) groups is 2. The van der Waals surface area contributed by atoms with E-state index in [1.54, 1.807) is 10.9 Å². The molecule has 1 aliphatic heterocycles. The summed E-state index contributed by atoms with van der Waals surface area (Å²) in [5.74, 6) is -0.371. The van der Waals surface area contributed by atoms with Crippen LogP contribution in [-0.2, 0) is 22.6 Å². The average Bonchev–Trinajstić information content (AvgIpc) is 3.38. The summed E-state index contributed by atoms with van der Waals surface area (Å²) in [5.41, 5.74) is 9.08. The molecule has 1 aromatic heterocycles. The summed E-state index contributed by atoms with van der Waals surface area (Å²) >= 11 is 0. The van der Waals surface area contributed by atoms with E-state index in [0.717, 1.165) is 41.9 Å². The highest BCUT2D eigenvalue weighted by Crippen LogP contribution is 2.21. The molecule has 4 rings (SSSR count). The van der Waals surface area contributed by atoms with E-state index in [9.17, 15) is 9.59 Å². The van der Waals surface area contributed by atoms with Crippen molar-refractivity contribution in [2.45, 2.75) is 31.8 Å². The van der Waals surface area contributed by atoms with Crippen LogP contribution in [-0.4, -0.2) is 39.1 Å². The molecule has 154 valence electrons. The number of anilines is 1. The van der Waals surface area contributed by atoms with Crippen molar-refractivity contribution in [3.05, 3.63) is 78.1 Å². The molecule has 0 saturated carbocycles. The van der Waals surface area contributed by atoms with Gasteiger partial charge in [-0.05, 0) is 54.8 Å². The van der Waals surface area contributed by atoms with Gasteiger partial charge in [-0.1, -0.05) is 30.3 Å². The molecule has 2 amide bonds. The van der Waals surface area contributed by atoms with Crippen molar-refractivity contribution in [2.75, 3.05) is 11.9 Å². The minimum Gasteiger partial charge on any atom is -0.368 e. The van der Waals surface area contributed by atoms with Crippen molar-refractivity contribution in [3.63, 3.8) is 0 Å². The summed E-state index contributed by atoms with van der Waals surface area (Å²) < 4.78 is 1.76. The van der Waals surface area contributed by atoms with Gasteiger partial charge in [0.2, 0.25) is 11.8 Å². The normalized spacial score (nSPS) is 16.5. The molecular weight excluding hydrogens is 378 g/mol. The van der Waals surface area contributed by atoms with Crippen molar-refractivity contribution in [1.82, 2.24) is 14.7 Å². The third-order valence-corrected chi connectivity index (χ3v) is 5.31. The van der Waals surface area contributed by atoms with Crippen LogP contribution >= 0.6 is 0 Å². The van der Waals surface area contributed by atoms with E-state index < -0.39 is 0 Å². The lowest BCUT2D eigenvalue weighted by Crippen LogP contribution is -2.39. The Bertz CT molecular complexity index is 1030. The van der Waals surface area contributed by atoms with Crippen LogP contribution in [0.1, 0.15) is 24.0 Å². The number of nitrogens with one attached hydrogen (secondary N) is 1. The highest BCUT2D eigenvalue weighted by molar-refractivity contribution is 5.92. The second-order valence-electron chi connectivity index (χ2n) is 7.58. The quantitative estimate of drug-likeness (QED) is 0.634. The smallest absolute Gasteiger partial charge is 0.234 e. The fourth-order valence-electron chi connectivity index (χ4n) is 3.88. The predicted octanol–water partition coefficient (Wildman–Crippen LogP) is 2.50. The number of primary amides is 1. The molecular formula is C23H25N5O2. The fraction of sp³-hybridized carbons (Fsp3) is 0.261. The second kappa shape index (κ2) is 8.92. The standard InChI is InChI=1S/C23H25N5O2/c24-23(30)21-10-5-11-27(21)15-17-6-4-7-19(12-17)26-22(29)13-18-14-25-28(16-18)20-8-2-1-3-9-20/h1-4,6-9,12,14,16,21H,5,10-11,13,15H2,(H2,24,30)(H,26,29).